The first-order chi connectivity index (χ1) is 9.20. The van der Waals surface area contributed by atoms with Crippen LogP contribution in [0.15, 0.2) is 30.5 Å². The third-order valence-electron chi connectivity index (χ3n) is 2.78. The minimum atomic E-state index is -0.271. The number of rotatable bonds is 6. The smallest absolute Gasteiger partial charge is 0.148 e. The number of hydrogen-bond acceptors (Lipinski definition) is 3. The Morgan fingerprint density at radius 2 is 2.21 bits per heavy atom. The first-order valence-corrected chi connectivity index (χ1v) is 6.21. The normalized spacial score (nSPS) is 10.9. The van der Waals surface area contributed by atoms with Crippen molar-refractivity contribution in [2.75, 3.05) is 20.3 Å². The summed E-state index contributed by atoms with van der Waals surface area (Å²) in [6.45, 7) is 4.00. The third-order valence-corrected chi connectivity index (χ3v) is 2.78. The van der Waals surface area contributed by atoms with Crippen LogP contribution < -0.4 is 5.32 Å². The van der Waals surface area contributed by atoms with Gasteiger partial charge in [0.1, 0.15) is 11.5 Å². The van der Waals surface area contributed by atoms with Gasteiger partial charge in [0.2, 0.25) is 0 Å². The Kier molecular flexibility index (Phi) is 4.65. The van der Waals surface area contributed by atoms with E-state index in [4.69, 9.17) is 4.74 Å². The number of methoxy groups -OCH3 is 1. The summed E-state index contributed by atoms with van der Waals surface area (Å²) in [4.78, 5) is 0. The molecule has 0 bridgehead atoms. The lowest BCUT2D eigenvalue weighted by Crippen LogP contribution is -2.18. The van der Waals surface area contributed by atoms with Crippen LogP contribution in [-0.2, 0) is 11.3 Å². The molecule has 1 N–H and O–H groups in total. The highest BCUT2D eigenvalue weighted by molar-refractivity contribution is 5.36. The Morgan fingerprint density at radius 1 is 1.37 bits per heavy atom. The molecule has 1 aromatic carbocycles. The van der Waals surface area contributed by atoms with Gasteiger partial charge in [-0.15, -0.1) is 0 Å². The fraction of sp³-hybridized carbons (Fsp3) is 0.357. The Labute approximate surface area is 112 Å². The first kappa shape index (κ1) is 13.7. The molecule has 0 aliphatic rings. The number of halogens is 1. The van der Waals surface area contributed by atoms with Crippen LogP contribution in [0.5, 0.6) is 0 Å². The van der Waals surface area contributed by atoms with Gasteiger partial charge in [0.15, 0.2) is 0 Å². The molecule has 2 aromatic rings. The summed E-state index contributed by atoms with van der Waals surface area (Å²) in [6.07, 6.45) is 1.77. The van der Waals surface area contributed by atoms with Gasteiger partial charge in [-0.25, -0.2) is 9.07 Å². The van der Waals surface area contributed by atoms with Gasteiger partial charge in [-0.2, -0.15) is 5.10 Å². The summed E-state index contributed by atoms with van der Waals surface area (Å²) in [5.41, 5.74) is 2.35. The maximum absolute atomic E-state index is 13.7. The average Bonchev–Trinajstić information content (AvgIpc) is 2.86. The second-order valence-corrected chi connectivity index (χ2v) is 4.38. The van der Waals surface area contributed by atoms with Gasteiger partial charge < -0.3 is 10.1 Å². The van der Waals surface area contributed by atoms with Crippen molar-refractivity contribution in [3.8, 4) is 5.69 Å². The van der Waals surface area contributed by atoms with Gasteiger partial charge in [-0.05, 0) is 30.7 Å². The fourth-order valence-electron chi connectivity index (χ4n) is 1.78. The predicted molar refractivity (Wildman–Crippen MR) is 71.8 cm³/mol. The summed E-state index contributed by atoms with van der Waals surface area (Å²) in [5.74, 6) is -0.271. The number of nitrogens with zero attached hydrogens (tertiary/aromatic N) is 2. The number of nitrogens with one attached hydrogen (secondary N) is 1. The summed E-state index contributed by atoms with van der Waals surface area (Å²) in [6, 6.07) is 6.87. The van der Waals surface area contributed by atoms with Crippen LogP contribution in [0.25, 0.3) is 5.69 Å². The minimum absolute atomic E-state index is 0.271. The molecule has 0 aliphatic heterocycles. The Morgan fingerprint density at radius 3 is 3.00 bits per heavy atom. The van der Waals surface area contributed by atoms with Crippen LogP contribution in [0.4, 0.5) is 4.39 Å². The van der Waals surface area contributed by atoms with E-state index in [1.807, 2.05) is 13.0 Å². The zero-order chi connectivity index (χ0) is 13.7. The van der Waals surface area contributed by atoms with E-state index in [-0.39, 0.29) is 5.82 Å². The molecule has 0 aliphatic carbocycles. The zero-order valence-corrected chi connectivity index (χ0v) is 11.2. The van der Waals surface area contributed by atoms with E-state index >= 15 is 0 Å². The first-order valence-electron chi connectivity index (χ1n) is 6.21. The molecule has 4 nitrogen and oxygen atoms in total. The molecule has 0 fully saturated rings. The van der Waals surface area contributed by atoms with E-state index < -0.39 is 0 Å². The van der Waals surface area contributed by atoms with Crippen molar-refractivity contribution in [3.05, 3.63) is 47.5 Å². The van der Waals surface area contributed by atoms with Gasteiger partial charge >= 0.3 is 0 Å². The highest BCUT2D eigenvalue weighted by Gasteiger charge is 2.06. The summed E-state index contributed by atoms with van der Waals surface area (Å²) in [7, 11) is 1.66. The van der Waals surface area contributed by atoms with Crippen LogP contribution in [0.2, 0.25) is 0 Å². The molecule has 0 saturated heterocycles. The number of aryl methyl sites for hydroxylation is 1. The lowest BCUT2D eigenvalue weighted by molar-refractivity contribution is 0.199. The molecular weight excluding hydrogens is 245 g/mol. The average molecular weight is 263 g/mol. The molecule has 0 amide bonds. The maximum Gasteiger partial charge on any atom is 0.148 e. The summed E-state index contributed by atoms with van der Waals surface area (Å²) >= 11 is 0. The maximum atomic E-state index is 13.7. The van der Waals surface area contributed by atoms with Crippen LogP contribution in [0.3, 0.4) is 0 Å². The lowest BCUT2D eigenvalue weighted by Gasteiger charge is -2.04. The lowest BCUT2D eigenvalue weighted by atomic mass is 10.2. The van der Waals surface area contributed by atoms with Crippen LogP contribution in [-0.4, -0.2) is 30.0 Å². The zero-order valence-electron chi connectivity index (χ0n) is 11.2. The largest absolute Gasteiger partial charge is 0.383 e. The molecule has 5 heteroatoms. The molecule has 1 heterocycles. The van der Waals surface area contributed by atoms with Crippen LogP contribution >= 0.6 is 0 Å². The van der Waals surface area contributed by atoms with E-state index in [2.05, 4.69) is 10.4 Å². The van der Waals surface area contributed by atoms with E-state index in [0.29, 0.717) is 18.8 Å². The van der Waals surface area contributed by atoms with Crippen LogP contribution in [0, 0.1) is 12.7 Å². The SMILES string of the molecule is COCCNCc1ccn(-c2cc(C)ccc2F)n1. The molecular formula is C14H18FN3O. The number of hydrogen-bond donors (Lipinski definition) is 1. The van der Waals surface area contributed by atoms with Crippen molar-refractivity contribution in [3.63, 3.8) is 0 Å². The highest BCUT2D eigenvalue weighted by atomic mass is 19.1. The monoisotopic (exact) mass is 263 g/mol. The Bertz CT molecular complexity index is 539. The van der Waals surface area contributed by atoms with Gasteiger partial charge in [0.05, 0.1) is 12.3 Å². The molecule has 1 aromatic heterocycles. The van der Waals surface area contributed by atoms with Gasteiger partial charge in [0, 0.05) is 26.4 Å². The molecule has 0 radical (unpaired) electrons. The Balaban J connectivity index is 2.06. The molecule has 0 spiro atoms. The molecule has 0 unspecified atom stereocenters. The highest BCUT2D eigenvalue weighted by Crippen LogP contribution is 2.14. The van der Waals surface area contributed by atoms with E-state index in [9.17, 15) is 4.39 Å². The van der Waals surface area contributed by atoms with Crippen molar-refractivity contribution in [2.45, 2.75) is 13.5 Å². The second kappa shape index (κ2) is 6.45. The number of aromatic nitrogens is 2. The van der Waals surface area contributed by atoms with Crippen molar-refractivity contribution in [1.29, 1.82) is 0 Å². The summed E-state index contributed by atoms with van der Waals surface area (Å²) in [5, 5.41) is 7.55. The molecule has 102 valence electrons. The number of benzene rings is 1. The molecule has 19 heavy (non-hydrogen) atoms. The summed E-state index contributed by atoms with van der Waals surface area (Å²) < 4.78 is 20.2. The topological polar surface area (TPSA) is 39.1 Å². The third kappa shape index (κ3) is 3.62. The van der Waals surface area contributed by atoms with E-state index in [0.717, 1.165) is 17.8 Å². The quantitative estimate of drug-likeness (QED) is 0.811. The molecule has 0 atom stereocenters. The molecule has 0 saturated carbocycles. The fourth-order valence-corrected chi connectivity index (χ4v) is 1.78. The Hall–Kier alpha value is -1.72. The van der Waals surface area contributed by atoms with E-state index in [1.54, 1.807) is 30.1 Å². The van der Waals surface area contributed by atoms with Crippen molar-refractivity contribution >= 4 is 0 Å². The van der Waals surface area contributed by atoms with Gasteiger partial charge in [-0.3, -0.25) is 0 Å². The van der Waals surface area contributed by atoms with Crippen molar-refractivity contribution in [1.82, 2.24) is 15.1 Å². The van der Waals surface area contributed by atoms with Gasteiger partial charge in [0.25, 0.3) is 0 Å². The molecule has 2 rings (SSSR count). The van der Waals surface area contributed by atoms with Crippen molar-refractivity contribution in [2.24, 2.45) is 0 Å². The minimum Gasteiger partial charge on any atom is -0.383 e. The van der Waals surface area contributed by atoms with Gasteiger partial charge in [-0.1, -0.05) is 6.07 Å². The van der Waals surface area contributed by atoms with E-state index in [1.165, 1.54) is 6.07 Å². The van der Waals surface area contributed by atoms with Crippen LogP contribution in [0.1, 0.15) is 11.3 Å². The number of ether oxygens (including phenoxy) is 1. The standard InChI is InChI=1S/C14H18FN3O/c1-11-3-4-13(15)14(9-11)18-7-5-12(17-18)10-16-6-8-19-2/h3-5,7,9,16H,6,8,10H2,1-2H3. The second-order valence-electron chi connectivity index (χ2n) is 4.38. The predicted octanol–water partition coefficient (Wildman–Crippen LogP) is 2.06. The van der Waals surface area contributed by atoms with Crippen molar-refractivity contribution < 1.29 is 9.13 Å².